The van der Waals surface area contributed by atoms with Gasteiger partial charge in [-0.15, -0.1) is 6.58 Å². The van der Waals surface area contributed by atoms with Gasteiger partial charge in [0.2, 0.25) is 0 Å². The van der Waals surface area contributed by atoms with E-state index in [1.165, 1.54) is 19.3 Å². The zero-order chi connectivity index (χ0) is 11.8. The van der Waals surface area contributed by atoms with Gasteiger partial charge >= 0.3 is 0 Å². The van der Waals surface area contributed by atoms with Crippen molar-refractivity contribution in [3.05, 3.63) is 12.7 Å². The normalized spacial score (nSPS) is 27.6. The molecule has 2 N–H and O–H groups in total. The Morgan fingerprint density at radius 2 is 2.25 bits per heavy atom. The number of aliphatic hydroxyl groups excluding tert-OH is 1. The van der Waals surface area contributed by atoms with Crippen molar-refractivity contribution in [2.45, 2.75) is 44.8 Å². The lowest BCUT2D eigenvalue weighted by molar-refractivity contribution is -0.0449. The molecule has 0 aromatic heterocycles. The highest BCUT2D eigenvalue weighted by Crippen LogP contribution is 2.26. The van der Waals surface area contributed by atoms with Crippen molar-refractivity contribution < 1.29 is 9.84 Å². The van der Waals surface area contributed by atoms with Crippen molar-refractivity contribution in [2.75, 3.05) is 19.7 Å². The monoisotopic (exact) mass is 227 g/mol. The molecule has 3 heteroatoms. The van der Waals surface area contributed by atoms with Crippen LogP contribution in [0, 0.1) is 5.92 Å². The molecule has 0 amide bonds. The predicted octanol–water partition coefficient (Wildman–Crippen LogP) is 1.72. The molecule has 0 radical (unpaired) electrons. The van der Waals surface area contributed by atoms with Crippen LogP contribution in [0.3, 0.4) is 0 Å². The van der Waals surface area contributed by atoms with E-state index < -0.39 is 6.10 Å². The Morgan fingerprint density at radius 3 is 2.94 bits per heavy atom. The summed E-state index contributed by atoms with van der Waals surface area (Å²) in [4.78, 5) is 0. The molecule has 1 saturated carbocycles. The number of hydrogen-bond donors (Lipinski definition) is 2. The van der Waals surface area contributed by atoms with Crippen molar-refractivity contribution in [2.24, 2.45) is 5.92 Å². The minimum Gasteiger partial charge on any atom is -0.389 e. The van der Waals surface area contributed by atoms with Crippen LogP contribution in [0.5, 0.6) is 0 Å². The second-order valence-electron chi connectivity index (χ2n) is 4.73. The molecule has 0 saturated heterocycles. The summed E-state index contributed by atoms with van der Waals surface area (Å²) in [6.07, 6.45) is 6.72. The minimum absolute atomic E-state index is 0.350. The molecule has 16 heavy (non-hydrogen) atoms. The largest absolute Gasteiger partial charge is 0.389 e. The van der Waals surface area contributed by atoms with Crippen molar-refractivity contribution in [1.29, 1.82) is 0 Å². The maximum atomic E-state index is 9.67. The molecule has 94 valence electrons. The fraction of sp³-hybridized carbons (Fsp3) is 0.846. The summed E-state index contributed by atoms with van der Waals surface area (Å²) in [5.41, 5.74) is 0. The average Bonchev–Trinajstić information content (AvgIpc) is 2.28. The Morgan fingerprint density at radius 1 is 1.50 bits per heavy atom. The summed E-state index contributed by atoms with van der Waals surface area (Å²) in [5, 5.41) is 12.8. The van der Waals surface area contributed by atoms with Crippen LogP contribution in [-0.4, -0.2) is 37.0 Å². The maximum absolute atomic E-state index is 9.67. The molecule has 1 aliphatic rings. The summed E-state index contributed by atoms with van der Waals surface area (Å²) >= 11 is 0. The Bertz CT molecular complexity index is 196. The van der Waals surface area contributed by atoms with Crippen molar-refractivity contribution >= 4 is 0 Å². The maximum Gasteiger partial charge on any atom is 0.0897 e. The predicted molar refractivity (Wildman–Crippen MR) is 66.4 cm³/mol. The molecule has 0 heterocycles. The first-order valence-electron chi connectivity index (χ1n) is 6.35. The standard InChI is InChI=1S/C13H25NO2/c1-3-8-14-9-12(15)10-16-13-7-5-4-6-11(13)2/h3,11-15H,1,4-10H2,2H3. The highest BCUT2D eigenvalue weighted by Gasteiger charge is 2.22. The highest BCUT2D eigenvalue weighted by atomic mass is 16.5. The Labute approximate surface area is 98.9 Å². The van der Waals surface area contributed by atoms with Crippen LogP contribution in [0.2, 0.25) is 0 Å². The molecule has 0 aromatic carbocycles. The molecule has 3 unspecified atom stereocenters. The molecular weight excluding hydrogens is 202 g/mol. The third kappa shape index (κ3) is 5.10. The highest BCUT2D eigenvalue weighted by molar-refractivity contribution is 4.74. The lowest BCUT2D eigenvalue weighted by Gasteiger charge is -2.29. The number of aliphatic hydroxyl groups is 1. The van der Waals surface area contributed by atoms with Crippen LogP contribution in [0.1, 0.15) is 32.6 Å². The third-order valence-corrected chi connectivity index (χ3v) is 3.20. The van der Waals surface area contributed by atoms with E-state index >= 15 is 0 Å². The van der Waals surface area contributed by atoms with Gasteiger partial charge in [0.05, 0.1) is 18.8 Å². The van der Waals surface area contributed by atoms with Gasteiger partial charge in [-0.05, 0) is 18.8 Å². The summed E-state index contributed by atoms with van der Waals surface area (Å²) < 4.78 is 5.77. The number of rotatable bonds is 7. The molecule has 3 nitrogen and oxygen atoms in total. The van der Waals surface area contributed by atoms with E-state index in [1.807, 2.05) is 0 Å². The fourth-order valence-electron chi connectivity index (χ4n) is 2.18. The van der Waals surface area contributed by atoms with E-state index in [-0.39, 0.29) is 0 Å². The minimum atomic E-state index is -0.408. The zero-order valence-electron chi connectivity index (χ0n) is 10.3. The van der Waals surface area contributed by atoms with Crippen LogP contribution in [-0.2, 0) is 4.74 Å². The Balaban J connectivity index is 2.09. The fourth-order valence-corrected chi connectivity index (χ4v) is 2.18. The summed E-state index contributed by atoms with van der Waals surface area (Å²) in [6.45, 7) is 7.61. The smallest absolute Gasteiger partial charge is 0.0897 e. The van der Waals surface area contributed by atoms with Gasteiger partial charge in [-0.1, -0.05) is 25.8 Å². The molecule has 0 aromatic rings. The second kappa shape index (κ2) is 7.82. The van der Waals surface area contributed by atoms with Gasteiger partial charge in [0.1, 0.15) is 0 Å². The molecule has 1 aliphatic carbocycles. The van der Waals surface area contributed by atoms with E-state index in [2.05, 4.69) is 18.8 Å². The van der Waals surface area contributed by atoms with Crippen LogP contribution >= 0.6 is 0 Å². The van der Waals surface area contributed by atoms with E-state index in [0.29, 0.717) is 25.2 Å². The van der Waals surface area contributed by atoms with Gasteiger partial charge in [0, 0.05) is 13.1 Å². The summed E-state index contributed by atoms with van der Waals surface area (Å²) in [7, 11) is 0. The van der Waals surface area contributed by atoms with E-state index in [1.54, 1.807) is 6.08 Å². The van der Waals surface area contributed by atoms with Crippen molar-refractivity contribution in [3.63, 3.8) is 0 Å². The summed E-state index contributed by atoms with van der Waals surface area (Å²) in [5.74, 6) is 0.641. The van der Waals surface area contributed by atoms with E-state index in [0.717, 1.165) is 13.0 Å². The molecule has 0 spiro atoms. The first-order chi connectivity index (χ1) is 7.74. The van der Waals surface area contributed by atoms with Gasteiger partial charge in [0.25, 0.3) is 0 Å². The van der Waals surface area contributed by atoms with Crippen LogP contribution < -0.4 is 5.32 Å². The van der Waals surface area contributed by atoms with Crippen LogP contribution in [0.15, 0.2) is 12.7 Å². The average molecular weight is 227 g/mol. The molecule has 1 fully saturated rings. The van der Waals surface area contributed by atoms with Crippen molar-refractivity contribution in [1.82, 2.24) is 5.32 Å². The van der Waals surface area contributed by atoms with Gasteiger partial charge in [-0.3, -0.25) is 0 Å². The lowest BCUT2D eigenvalue weighted by Crippen LogP contribution is -2.34. The second-order valence-corrected chi connectivity index (χ2v) is 4.73. The molecule has 3 atom stereocenters. The van der Waals surface area contributed by atoms with Gasteiger partial charge in [-0.25, -0.2) is 0 Å². The first-order valence-corrected chi connectivity index (χ1v) is 6.35. The number of ether oxygens (including phenoxy) is 1. The molecule has 0 bridgehead atoms. The van der Waals surface area contributed by atoms with Crippen LogP contribution in [0.25, 0.3) is 0 Å². The topological polar surface area (TPSA) is 41.5 Å². The van der Waals surface area contributed by atoms with E-state index in [4.69, 9.17) is 4.74 Å². The number of hydrogen-bond acceptors (Lipinski definition) is 3. The van der Waals surface area contributed by atoms with Crippen LogP contribution in [0.4, 0.5) is 0 Å². The third-order valence-electron chi connectivity index (χ3n) is 3.20. The molecule has 0 aliphatic heterocycles. The Kier molecular flexibility index (Phi) is 6.69. The number of nitrogens with one attached hydrogen (secondary N) is 1. The first kappa shape index (κ1) is 13.7. The molecule has 1 rings (SSSR count). The van der Waals surface area contributed by atoms with Gasteiger partial charge in [0.15, 0.2) is 0 Å². The van der Waals surface area contributed by atoms with Gasteiger partial charge in [-0.2, -0.15) is 0 Å². The van der Waals surface area contributed by atoms with E-state index in [9.17, 15) is 5.11 Å². The van der Waals surface area contributed by atoms with Gasteiger partial charge < -0.3 is 15.2 Å². The lowest BCUT2D eigenvalue weighted by atomic mass is 9.88. The van der Waals surface area contributed by atoms with Crippen molar-refractivity contribution in [3.8, 4) is 0 Å². The summed E-state index contributed by atoms with van der Waals surface area (Å²) in [6, 6.07) is 0. The quantitative estimate of drug-likeness (QED) is 0.514. The SMILES string of the molecule is C=CCNCC(O)COC1CCCCC1C. The zero-order valence-corrected chi connectivity index (χ0v) is 10.3. The molecular formula is C13H25NO2. The Hall–Kier alpha value is -0.380.